The summed E-state index contributed by atoms with van der Waals surface area (Å²) in [6.07, 6.45) is -0.113. The van der Waals surface area contributed by atoms with Crippen molar-refractivity contribution in [3.8, 4) is 28.4 Å². The first-order valence-corrected chi connectivity index (χ1v) is 6.59. The number of fused-ring (bicyclic) bond motifs is 1. The first-order chi connectivity index (χ1) is 9.83. The average Bonchev–Trinajstić information content (AvgIpc) is 2.53. The summed E-state index contributed by atoms with van der Waals surface area (Å²) in [5.74, 6) is 2.29. The molecule has 4 nitrogen and oxygen atoms in total. The Bertz CT molecular complexity index is 612. The summed E-state index contributed by atoms with van der Waals surface area (Å²) in [6, 6.07) is 13.7. The first kappa shape index (κ1) is 12.8. The number of methoxy groups -OCH3 is 1. The van der Waals surface area contributed by atoms with E-state index >= 15 is 0 Å². The van der Waals surface area contributed by atoms with Gasteiger partial charge in [0.15, 0.2) is 11.5 Å². The number of hydrogen-bond acceptors (Lipinski definition) is 4. The zero-order valence-electron chi connectivity index (χ0n) is 11.3. The molecule has 104 valence electrons. The lowest BCUT2D eigenvalue weighted by Crippen LogP contribution is -2.35. The minimum absolute atomic E-state index is 0.113. The van der Waals surface area contributed by atoms with Gasteiger partial charge in [-0.1, -0.05) is 30.3 Å². The fraction of sp³-hybridized carbons (Fsp3) is 0.250. The molecule has 3 rings (SSSR count). The zero-order chi connectivity index (χ0) is 13.9. The summed E-state index contributed by atoms with van der Waals surface area (Å²) < 4.78 is 17.1. The highest BCUT2D eigenvalue weighted by atomic mass is 16.6. The van der Waals surface area contributed by atoms with Gasteiger partial charge >= 0.3 is 0 Å². The predicted octanol–water partition coefficient (Wildman–Crippen LogP) is 2.46. The van der Waals surface area contributed by atoms with Crippen LogP contribution in [0.5, 0.6) is 17.2 Å². The van der Waals surface area contributed by atoms with E-state index < -0.39 is 0 Å². The molecular weight excluding hydrogens is 254 g/mol. The number of benzene rings is 2. The SMILES string of the molecule is COc1ccccc1-c1cccc2c1O[C@@H](CN)CO2. The molecular formula is C16H17NO3. The van der Waals surface area contributed by atoms with Crippen LogP contribution in [0, 0.1) is 0 Å². The predicted molar refractivity (Wildman–Crippen MR) is 77.4 cm³/mol. The highest BCUT2D eigenvalue weighted by Crippen LogP contribution is 2.43. The lowest BCUT2D eigenvalue weighted by atomic mass is 10.0. The van der Waals surface area contributed by atoms with Crippen LogP contribution in [0.1, 0.15) is 0 Å². The highest BCUT2D eigenvalue weighted by molar-refractivity contribution is 5.78. The van der Waals surface area contributed by atoms with Crippen molar-refractivity contribution >= 4 is 0 Å². The molecule has 0 amide bonds. The molecule has 0 unspecified atom stereocenters. The summed E-state index contributed by atoms with van der Waals surface area (Å²) >= 11 is 0. The van der Waals surface area contributed by atoms with Crippen LogP contribution in [0.25, 0.3) is 11.1 Å². The second-order valence-electron chi connectivity index (χ2n) is 4.62. The summed E-state index contributed by atoms with van der Waals surface area (Å²) in [6.45, 7) is 0.915. The molecule has 0 radical (unpaired) electrons. The van der Waals surface area contributed by atoms with Crippen molar-refractivity contribution in [3.05, 3.63) is 42.5 Å². The molecule has 20 heavy (non-hydrogen) atoms. The summed E-state index contributed by atoms with van der Waals surface area (Å²) in [7, 11) is 1.66. The van der Waals surface area contributed by atoms with E-state index in [1.165, 1.54) is 0 Å². The van der Waals surface area contributed by atoms with E-state index in [1.807, 2.05) is 42.5 Å². The van der Waals surface area contributed by atoms with Crippen molar-refractivity contribution in [2.75, 3.05) is 20.3 Å². The van der Waals surface area contributed by atoms with Crippen LogP contribution in [0.3, 0.4) is 0 Å². The molecule has 2 aromatic rings. The molecule has 0 fully saturated rings. The zero-order valence-corrected chi connectivity index (χ0v) is 11.3. The molecule has 1 atom stereocenters. The Morgan fingerprint density at radius 3 is 2.75 bits per heavy atom. The minimum atomic E-state index is -0.113. The topological polar surface area (TPSA) is 53.7 Å². The van der Waals surface area contributed by atoms with Crippen LogP contribution in [0.4, 0.5) is 0 Å². The van der Waals surface area contributed by atoms with Gasteiger partial charge in [0.1, 0.15) is 18.5 Å². The Labute approximate surface area is 118 Å². The van der Waals surface area contributed by atoms with E-state index in [0.717, 1.165) is 28.4 Å². The molecule has 0 spiro atoms. The maximum atomic E-state index is 5.96. The van der Waals surface area contributed by atoms with Gasteiger partial charge in [0.05, 0.1) is 7.11 Å². The van der Waals surface area contributed by atoms with Crippen LogP contribution in [-0.2, 0) is 0 Å². The number of ether oxygens (including phenoxy) is 3. The molecule has 4 heteroatoms. The van der Waals surface area contributed by atoms with Crippen LogP contribution in [-0.4, -0.2) is 26.4 Å². The first-order valence-electron chi connectivity index (χ1n) is 6.59. The van der Waals surface area contributed by atoms with Gasteiger partial charge in [0, 0.05) is 17.7 Å². The van der Waals surface area contributed by atoms with Crippen LogP contribution in [0.2, 0.25) is 0 Å². The van der Waals surface area contributed by atoms with E-state index in [4.69, 9.17) is 19.9 Å². The normalized spacial score (nSPS) is 16.8. The molecule has 1 aliphatic rings. The monoisotopic (exact) mass is 271 g/mol. The van der Waals surface area contributed by atoms with Crippen molar-refractivity contribution in [2.24, 2.45) is 5.73 Å². The Hall–Kier alpha value is -2.20. The number of rotatable bonds is 3. The third kappa shape index (κ3) is 2.18. The molecule has 1 heterocycles. The van der Waals surface area contributed by atoms with Crippen molar-refractivity contribution in [2.45, 2.75) is 6.10 Å². The fourth-order valence-corrected chi connectivity index (χ4v) is 2.33. The third-order valence-corrected chi connectivity index (χ3v) is 3.35. The molecule has 2 aromatic carbocycles. The smallest absolute Gasteiger partial charge is 0.169 e. The molecule has 0 bridgehead atoms. The Morgan fingerprint density at radius 2 is 1.95 bits per heavy atom. The van der Waals surface area contributed by atoms with Crippen molar-refractivity contribution in [1.29, 1.82) is 0 Å². The second kappa shape index (κ2) is 5.43. The molecule has 0 aromatic heterocycles. The Balaban J connectivity index is 2.11. The van der Waals surface area contributed by atoms with Gasteiger partial charge < -0.3 is 19.9 Å². The number of hydrogen-bond donors (Lipinski definition) is 1. The van der Waals surface area contributed by atoms with Crippen LogP contribution >= 0.6 is 0 Å². The standard InChI is InChI=1S/C16H17NO3/c1-18-14-7-3-2-5-12(14)13-6-4-8-15-16(13)20-11(9-17)10-19-15/h2-8,11H,9-10,17H2,1H3/t11-/m0/s1. The van der Waals surface area contributed by atoms with Crippen molar-refractivity contribution in [1.82, 2.24) is 0 Å². The highest BCUT2D eigenvalue weighted by Gasteiger charge is 2.24. The van der Waals surface area contributed by atoms with E-state index in [9.17, 15) is 0 Å². The lowest BCUT2D eigenvalue weighted by molar-refractivity contribution is 0.0976. The lowest BCUT2D eigenvalue weighted by Gasteiger charge is -2.27. The molecule has 0 saturated carbocycles. The Morgan fingerprint density at radius 1 is 1.15 bits per heavy atom. The van der Waals surface area contributed by atoms with Gasteiger partial charge in [-0.3, -0.25) is 0 Å². The Kier molecular flexibility index (Phi) is 3.48. The van der Waals surface area contributed by atoms with E-state index in [0.29, 0.717) is 13.2 Å². The summed E-state index contributed by atoms with van der Waals surface area (Å²) in [5.41, 5.74) is 7.61. The van der Waals surface area contributed by atoms with Gasteiger partial charge in [-0.15, -0.1) is 0 Å². The fourth-order valence-electron chi connectivity index (χ4n) is 2.33. The van der Waals surface area contributed by atoms with Crippen molar-refractivity contribution < 1.29 is 14.2 Å². The van der Waals surface area contributed by atoms with Gasteiger partial charge in [-0.2, -0.15) is 0 Å². The van der Waals surface area contributed by atoms with E-state index in [-0.39, 0.29) is 6.10 Å². The summed E-state index contributed by atoms with van der Waals surface area (Å²) in [4.78, 5) is 0. The number of nitrogens with two attached hydrogens (primary N) is 1. The maximum Gasteiger partial charge on any atom is 0.169 e. The van der Waals surface area contributed by atoms with Crippen LogP contribution < -0.4 is 19.9 Å². The molecule has 0 saturated heterocycles. The van der Waals surface area contributed by atoms with Crippen molar-refractivity contribution in [3.63, 3.8) is 0 Å². The van der Waals surface area contributed by atoms with Crippen LogP contribution in [0.15, 0.2) is 42.5 Å². The number of para-hydroxylation sites is 2. The van der Waals surface area contributed by atoms with Gasteiger partial charge in [-0.05, 0) is 12.1 Å². The minimum Gasteiger partial charge on any atom is -0.496 e. The quantitative estimate of drug-likeness (QED) is 0.931. The maximum absolute atomic E-state index is 5.96. The third-order valence-electron chi connectivity index (χ3n) is 3.35. The summed E-state index contributed by atoms with van der Waals surface area (Å²) in [5, 5.41) is 0. The average molecular weight is 271 g/mol. The molecule has 2 N–H and O–H groups in total. The van der Waals surface area contributed by atoms with E-state index in [1.54, 1.807) is 7.11 Å². The largest absolute Gasteiger partial charge is 0.496 e. The van der Waals surface area contributed by atoms with Gasteiger partial charge in [0.2, 0.25) is 0 Å². The van der Waals surface area contributed by atoms with E-state index in [2.05, 4.69) is 0 Å². The van der Waals surface area contributed by atoms with Gasteiger partial charge in [0.25, 0.3) is 0 Å². The second-order valence-corrected chi connectivity index (χ2v) is 4.62. The van der Waals surface area contributed by atoms with Gasteiger partial charge in [-0.25, -0.2) is 0 Å². The molecule has 1 aliphatic heterocycles. The molecule has 0 aliphatic carbocycles.